The molecule has 28 heavy (non-hydrogen) atoms. The monoisotopic (exact) mass is 407 g/mol. The molecule has 138 valence electrons. The first-order valence-electron chi connectivity index (χ1n) is 8.56. The van der Waals surface area contributed by atoms with Crippen molar-refractivity contribution in [2.24, 2.45) is 0 Å². The maximum atomic E-state index is 6.70. The molecule has 0 aliphatic heterocycles. The van der Waals surface area contributed by atoms with Gasteiger partial charge in [-0.25, -0.2) is 0 Å². The quantitative estimate of drug-likeness (QED) is 0.419. The Hall–Kier alpha value is -3.03. The van der Waals surface area contributed by atoms with Crippen LogP contribution in [0.25, 0.3) is 37.8 Å². The van der Waals surface area contributed by atoms with Gasteiger partial charge in [-0.3, -0.25) is 4.98 Å². The SMILES string of the molecule is COc1ccc(-c2nnc3sc(-c4cnc5ccc(C)cc5c4Cl)nn23)cc1. The van der Waals surface area contributed by atoms with Gasteiger partial charge in [0.05, 0.1) is 23.2 Å². The summed E-state index contributed by atoms with van der Waals surface area (Å²) < 4.78 is 6.95. The average Bonchev–Trinajstić information content (AvgIpc) is 3.29. The second-order valence-corrected chi connectivity index (χ2v) is 7.69. The van der Waals surface area contributed by atoms with E-state index in [2.05, 4.69) is 15.2 Å². The Balaban J connectivity index is 1.64. The summed E-state index contributed by atoms with van der Waals surface area (Å²) in [5.74, 6) is 1.45. The molecule has 0 bridgehead atoms. The van der Waals surface area contributed by atoms with E-state index in [1.54, 1.807) is 17.8 Å². The number of hydrogen-bond donors (Lipinski definition) is 0. The van der Waals surface area contributed by atoms with E-state index in [0.29, 0.717) is 15.8 Å². The van der Waals surface area contributed by atoms with E-state index < -0.39 is 0 Å². The van der Waals surface area contributed by atoms with Gasteiger partial charge in [0.2, 0.25) is 4.96 Å². The number of ether oxygens (including phenoxy) is 1. The van der Waals surface area contributed by atoms with Crippen LogP contribution in [0.2, 0.25) is 5.02 Å². The fourth-order valence-electron chi connectivity index (χ4n) is 3.07. The van der Waals surface area contributed by atoms with Gasteiger partial charge in [-0.05, 0) is 43.3 Å². The van der Waals surface area contributed by atoms with Crippen LogP contribution >= 0.6 is 22.9 Å². The van der Waals surface area contributed by atoms with Crippen LogP contribution in [0.1, 0.15) is 5.56 Å². The number of nitrogens with zero attached hydrogens (tertiary/aromatic N) is 5. The van der Waals surface area contributed by atoms with Crippen LogP contribution in [-0.2, 0) is 0 Å². The molecule has 0 amide bonds. The fourth-order valence-corrected chi connectivity index (χ4v) is 4.27. The second-order valence-electron chi connectivity index (χ2n) is 6.36. The van der Waals surface area contributed by atoms with Crippen molar-refractivity contribution < 1.29 is 4.74 Å². The Kier molecular flexibility index (Phi) is 3.99. The molecule has 8 heteroatoms. The zero-order chi connectivity index (χ0) is 19.3. The summed E-state index contributed by atoms with van der Waals surface area (Å²) in [6.45, 7) is 2.03. The van der Waals surface area contributed by atoms with Crippen molar-refractivity contribution in [1.29, 1.82) is 0 Å². The molecule has 2 aromatic carbocycles. The predicted molar refractivity (Wildman–Crippen MR) is 111 cm³/mol. The van der Waals surface area contributed by atoms with Gasteiger partial charge in [0.1, 0.15) is 5.75 Å². The molecule has 0 saturated heterocycles. The van der Waals surface area contributed by atoms with E-state index in [9.17, 15) is 0 Å². The van der Waals surface area contributed by atoms with Crippen LogP contribution in [0.15, 0.2) is 48.7 Å². The van der Waals surface area contributed by atoms with E-state index in [1.807, 2.05) is 49.4 Å². The van der Waals surface area contributed by atoms with Crippen LogP contribution < -0.4 is 4.74 Å². The van der Waals surface area contributed by atoms with Crippen LogP contribution in [0.5, 0.6) is 5.75 Å². The Morgan fingerprint density at radius 1 is 1.07 bits per heavy atom. The molecule has 0 unspecified atom stereocenters. The van der Waals surface area contributed by atoms with Crippen molar-refractivity contribution in [2.45, 2.75) is 6.92 Å². The number of benzene rings is 2. The molecule has 5 aromatic rings. The predicted octanol–water partition coefficient (Wildman–Crippen LogP) is 5.04. The molecule has 0 radical (unpaired) electrons. The van der Waals surface area contributed by atoms with Crippen LogP contribution in [0, 0.1) is 6.92 Å². The first-order valence-corrected chi connectivity index (χ1v) is 9.75. The largest absolute Gasteiger partial charge is 0.497 e. The third-order valence-corrected chi connectivity index (χ3v) is 5.87. The van der Waals surface area contributed by atoms with Gasteiger partial charge < -0.3 is 4.74 Å². The first-order chi connectivity index (χ1) is 13.6. The zero-order valence-corrected chi connectivity index (χ0v) is 16.6. The Bertz CT molecular complexity index is 1330. The van der Waals surface area contributed by atoms with Crippen LogP contribution in [0.3, 0.4) is 0 Å². The minimum atomic E-state index is 0.643. The maximum Gasteiger partial charge on any atom is 0.235 e. The smallest absolute Gasteiger partial charge is 0.235 e. The van der Waals surface area contributed by atoms with E-state index in [1.165, 1.54) is 11.3 Å². The molecule has 3 heterocycles. The van der Waals surface area contributed by atoms with Gasteiger partial charge >= 0.3 is 0 Å². The lowest BCUT2D eigenvalue weighted by Crippen LogP contribution is -1.92. The number of halogens is 1. The lowest BCUT2D eigenvalue weighted by atomic mass is 10.1. The number of hydrogen-bond acceptors (Lipinski definition) is 6. The maximum absolute atomic E-state index is 6.70. The van der Waals surface area contributed by atoms with E-state index >= 15 is 0 Å². The van der Waals surface area contributed by atoms with Gasteiger partial charge in [0.25, 0.3) is 0 Å². The molecule has 0 fully saturated rings. The van der Waals surface area contributed by atoms with Gasteiger partial charge in [0, 0.05) is 17.1 Å². The number of pyridine rings is 1. The number of methoxy groups -OCH3 is 1. The van der Waals surface area contributed by atoms with Gasteiger partial charge in [-0.2, -0.15) is 9.61 Å². The van der Waals surface area contributed by atoms with E-state index in [4.69, 9.17) is 21.4 Å². The summed E-state index contributed by atoms with van der Waals surface area (Å²) >= 11 is 8.13. The third kappa shape index (κ3) is 2.71. The Labute approximate surface area is 169 Å². The van der Waals surface area contributed by atoms with Crippen molar-refractivity contribution in [2.75, 3.05) is 7.11 Å². The van der Waals surface area contributed by atoms with Crippen molar-refractivity contribution in [3.8, 4) is 27.7 Å². The highest BCUT2D eigenvalue weighted by Crippen LogP contribution is 2.36. The van der Waals surface area contributed by atoms with Crippen LogP contribution in [0.4, 0.5) is 0 Å². The summed E-state index contributed by atoms with van der Waals surface area (Å²) in [5.41, 5.74) is 3.69. The van der Waals surface area contributed by atoms with Gasteiger partial charge in [-0.1, -0.05) is 34.6 Å². The average molecular weight is 408 g/mol. The fraction of sp³-hybridized carbons (Fsp3) is 0.100. The highest BCUT2D eigenvalue weighted by molar-refractivity contribution is 7.19. The minimum absolute atomic E-state index is 0.643. The molecule has 0 saturated carbocycles. The molecule has 0 aliphatic rings. The summed E-state index contributed by atoms with van der Waals surface area (Å²) in [5, 5.41) is 15.6. The van der Waals surface area contributed by atoms with Gasteiger partial charge in [-0.15, -0.1) is 10.2 Å². The summed E-state index contributed by atoms with van der Waals surface area (Å²) in [4.78, 5) is 5.23. The molecule has 5 rings (SSSR count). The van der Waals surface area contributed by atoms with Crippen molar-refractivity contribution >= 4 is 38.8 Å². The van der Waals surface area contributed by atoms with Crippen molar-refractivity contribution in [1.82, 2.24) is 24.8 Å². The Morgan fingerprint density at radius 3 is 2.68 bits per heavy atom. The normalized spacial score (nSPS) is 11.4. The standard InChI is InChI=1S/C20H14ClN5OS/c1-11-3-8-16-14(9-11)17(21)15(10-22-16)19-25-26-18(23-24-20(26)28-19)12-4-6-13(27-2)7-5-12/h3-10H,1-2H3. The van der Waals surface area contributed by atoms with Crippen molar-refractivity contribution in [3.63, 3.8) is 0 Å². The number of aromatic nitrogens is 5. The summed E-state index contributed by atoms with van der Waals surface area (Å²) in [7, 11) is 1.64. The molecule has 6 nitrogen and oxygen atoms in total. The van der Waals surface area contributed by atoms with Crippen molar-refractivity contribution in [3.05, 3.63) is 59.2 Å². The van der Waals surface area contributed by atoms with Crippen LogP contribution in [-0.4, -0.2) is 31.9 Å². The van der Waals surface area contributed by atoms with Gasteiger partial charge in [0.15, 0.2) is 10.8 Å². The number of rotatable bonds is 3. The zero-order valence-electron chi connectivity index (χ0n) is 15.0. The lowest BCUT2D eigenvalue weighted by molar-refractivity contribution is 0.415. The molecule has 0 spiro atoms. The Morgan fingerprint density at radius 2 is 1.89 bits per heavy atom. The topological polar surface area (TPSA) is 65.2 Å². The first kappa shape index (κ1) is 17.1. The molecule has 0 aliphatic carbocycles. The highest BCUT2D eigenvalue weighted by atomic mass is 35.5. The second kappa shape index (κ2) is 6.54. The summed E-state index contributed by atoms with van der Waals surface area (Å²) in [6, 6.07) is 13.7. The van der Waals surface area contributed by atoms with E-state index in [0.717, 1.165) is 38.4 Å². The molecule has 3 aromatic heterocycles. The third-order valence-electron chi connectivity index (χ3n) is 4.53. The molecule has 0 atom stereocenters. The minimum Gasteiger partial charge on any atom is -0.497 e. The lowest BCUT2D eigenvalue weighted by Gasteiger charge is -2.05. The number of fused-ring (bicyclic) bond motifs is 2. The van der Waals surface area contributed by atoms with E-state index in [-0.39, 0.29) is 0 Å². The molecular formula is C20H14ClN5OS. The molecule has 0 N–H and O–H groups in total. The number of aryl methyl sites for hydroxylation is 1. The molecular weight excluding hydrogens is 394 g/mol. The highest BCUT2D eigenvalue weighted by Gasteiger charge is 2.17. The summed E-state index contributed by atoms with van der Waals surface area (Å²) in [6.07, 6.45) is 1.76.